The summed E-state index contributed by atoms with van der Waals surface area (Å²) in [6.07, 6.45) is 0. The average molecular weight is 413 g/mol. The summed E-state index contributed by atoms with van der Waals surface area (Å²) in [5, 5.41) is 2.95. The van der Waals surface area contributed by atoms with E-state index in [4.69, 9.17) is 11.6 Å². The van der Waals surface area contributed by atoms with E-state index in [1.165, 1.54) is 29.5 Å². The van der Waals surface area contributed by atoms with Crippen molar-refractivity contribution in [3.63, 3.8) is 0 Å². The molecule has 140 valence electrons. The van der Waals surface area contributed by atoms with E-state index < -0.39 is 18.3 Å². The third-order valence-electron chi connectivity index (χ3n) is 3.55. The van der Waals surface area contributed by atoms with Crippen LogP contribution in [0.4, 0.5) is 18.3 Å². The number of benzene rings is 2. The molecule has 4 nitrogen and oxygen atoms in total. The molecule has 1 N–H and O–H groups in total. The highest BCUT2D eigenvalue weighted by Crippen LogP contribution is 2.32. The number of thiazole rings is 1. The first-order chi connectivity index (χ1) is 12.8. The van der Waals surface area contributed by atoms with Crippen LogP contribution in [-0.2, 0) is 0 Å². The third-order valence-corrected chi connectivity index (χ3v) is 4.74. The van der Waals surface area contributed by atoms with Gasteiger partial charge in [0, 0.05) is 10.4 Å². The fourth-order valence-corrected chi connectivity index (χ4v) is 3.43. The number of carbonyl (C=O) groups excluding carboxylic acids is 1. The number of aromatic nitrogens is 1. The van der Waals surface area contributed by atoms with E-state index in [0.717, 1.165) is 17.0 Å². The van der Waals surface area contributed by atoms with E-state index in [0.29, 0.717) is 16.4 Å². The Balaban J connectivity index is 1.79. The maximum absolute atomic E-state index is 13.1. The number of ether oxygens (including phenoxy) is 1. The van der Waals surface area contributed by atoms with Crippen LogP contribution in [0.25, 0.3) is 11.3 Å². The number of alkyl halides is 2. The molecule has 0 bridgehead atoms. The summed E-state index contributed by atoms with van der Waals surface area (Å²) < 4.78 is 41.9. The normalized spacial score (nSPS) is 10.9. The molecule has 0 aliphatic heterocycles. The first-order valence-electron chi connectivity index (χ1n) is 7.62. The van der Waals surface area contributed by atoms with Crippen molar-refractivity contribution in [1.29, 1.82) is 0 Å². The first-order valence-corrected chi connectivity index (χ1v) is 8.82. The Kier molecular flexibility index (Phi) is 5.67. The van der Waals surface area contributed by atoms with Crippen LogP contribution >= 0.6 is 22.9 Å². The van der Waals surface area contributed by atoms with E-state index >= 15 is 0 Å². The molecule has 0 unspecified atom stereocenters. The molecular weight excluding hydrogens is 401 g/mol. The Morgan fingerprint density at radius 3 is 2.56 bits per heavy atom. The van der Waals surface area contributed by atoms with Crippen LogP contribution < -0.4 is 10.1 Å². The second-order valence-electron chi connectivity index (χ2n) is 5.40. The van der Waals surface area contributed by atoms with Gasteiger partial charge < -0.3 is 4.74 Å². The van der Waals surface area contributed by atoms with Crippen LogP contribution in [0, 0.1) is 12.7 Å². The second-order valence-corrected chi connectivity index (χ2v) is 7.02. The van der Waals surface area contributed by atoms with Crippen molar-refractivity contribution in [2.75, 3.05) is 5.32 Å². The van der Waals surface area contributed by atoms with Crippen molar-refractivity contribution >= 4 is 34.0 Å². The second kappa shape index (κ2) is 7.98. The highest BCUT2D eigenvalue weighted by atomic mass is 35.5. The van der Waals surface area contributed by atoms with Gasteiger partial charge in [0.2, 0.25) is 0 Å². The lowest BCUT2D eigenvalue weighted by Crippen LogP contribution is -2.12. The lowest BCUT2D eigenvalue weighted by molar-refractivity contribution is -0.0498. The van der Waals surface area contributed by atoms with Gasteiger partial charge in [0.1, 0.15) is 11.6 Å². The van der Waals surface area contributed by atoms with Gasteiger partial charge in [0.05, 0.1) is 16.3 Å². The van der Waals surface area contributed by atoms with Gasteiger partial charge >= 0.3 is 6.61 Å². The quantitative estimate of drug-likeness (QED) is 0.579. The number of amides is 1. The van der Waals surface area contributed by atoms with Crippen LogP contribution in [0.3, 0.4) is 0 Å². The van der Waals surface area contributed by atoms with Gasteiger partial charge in [0.25, 0.3) is 5.91 Å². The van der Waals surface area contributed by atoms with Crippen LogP contribution in [0.1, 0.15) is 15.2 Å². The maximum Gasteiger partial charge on any atom is 0.387 e. The van der Waals surface area contributed by atoms with E-state index in [1.807, 2.05) is 6.92 Å². The maximum atomic E-state index is 13.1. The zero-order valence-corrected chi connectivity index (χ0v) is 15.4. The topological polar surface area (TPSA) is 51.2 Å². The zero-order valence-electron chi connectivity index (χ0n) is 13.8. The monoisotopic (exact) mass is 412 g/mol. The molecule has 3 aromatic rings. The molecule has 0 spiro atoms. The Hall–Kier alpha value is -2.58. The average Bonchev–Trinajstić information content (AvgIpc) is 2.95. The Labute approximate surface area is 161 Å². The minimum atomic E-state index is -2.89. The van der Waals surface area contributed by atoms with Gasteiger partial charge in [-0.25, -0.2) is 9.37 Å². The van der Waals surface area contributed by atoms with Gasteiger partial charge in [-0.3, -0.25) is 10.1 Å². The smallest absolute Gasteiger partial charge is 0.387 e. The summed E-state index contributed by atoms with van der Waals surface area (Å²) in [6.45, 7) is -1.08. The summed E-state index contributed by atoms with van der Waals surface area (Å²) in [5.41, 5.74) is 1.41. The Morgan fingerprint density at radius 2 is 1.93 bits per heavy atom. The van der Waals surface area contributed by atoms with E-state index in [9.17, 15) is 18.0 Å². The molecular formula is C18H12ClF3N2O2S. The van der Waals surface area contributed by atoms with E-state index in [1.54, 1.807) is 12.1 Å². The number of hydrogen-bond donors (Lipinski definition) is 1. The van der Waals surface area contributed by atoms with Crippen molar-refractivity contribution in [3.8, 4) is 17.0 Å². The van der Waals surface area contributed by atoms with E-state index in [2.05, 4.69) is 15.0 Å². The summed E-state index contributed by atoms with van der Waals surface area (Å²) >= 11 is 7.14. The molecule has 1 heterocycles. The minimum Gasteiger partial charge on any atom is -0.435 e. The number of hydrogen-bond acceptors (Lipinski definition) is 4. The number of nitrogens with one attached hydrogen (secondary N) is 1. The number of rotatable bonds is 5. The molecule has 2 aromatic carbocycles. The fourth-order valence-electron chi connectivity index (χ4n) is 2.35. The van der Waals surface area contributed by atoms with Crippen molar-refractivity contribution in [2.24, 2.45) is 0 Å². The minimum absolute atomic E-state index is 0.00406. The lowest BCUT2D eigenvalue weighted by atomic mass is 10.1. The zero-order chi connectivity index (χ0) is 19.6. The SMILES string of the molecule is Cc1sc(NC(=O)c2ccc(F)cc2Cl)nc1-c1ccc(OC(F)F)cc1. The summed E-state index contributed by atoms with van der Waals surface area (Å²) in [7, 11) is 0. The molecule has 27 heavy (non-hydrogen) atoms. The van der Waals surface area contributed by atoms with Gasteiger partial charge in [-0.2, -0.15) is 8.78 Å². The third kappa shape index (κ3) is 4.58. The molecule has 0 atom stereocenters. The predicted octanol–water partition coefficient (Wildman–Crippen LogP) is 5.76. The Morgan fingerprint density at radius 1 is 1.22 bits per heavy atom. The Bertz CT molecular complexity index is 977. The van der Waals surface area contributed by atoms with Gasteiger partial charge in [-0.05, 0) is 49.4 Å². The van der Waals surface area contributed by atoms with Crippen molar-refractivity contribution in [3.05, 3.63) is 63.7 Å². The molecule has 0 radical (unpaired) electrons. The van der Waals surface area contributed by atoms with Crippen LogP contribution in [0.15, 0.2) is 42.5 Å². The van der Waals surface area contributed by atoms with Crippen LogP contribution in [-0.4, -0.2) is 17.5 Å². The van der Waals surface area contributed by atoms with Gasteiger partial charge in [-0.1, -0.05) is 11.6 Å². The summed E-state index contributed by atoms with van der Waals surface area (Å²) in [5.74, 6) is -1.01. The molecule has 0 saturated heterocycles. The summed E-state index contributed by atoms with van der Waals surface area (Å²) in [4.78, 5) is 17.5. The highest BCUT2D eigenvalue weighted by molar-refractivity contribution is 7.16. The largest absolute Gasteiger partial charge is 0.435 e. The lowest BCUT2D eigenvalue weighted by Gasteiger charge is -2.05. The number of anilines is 1. The number of halogens is 4. The molecule has 9 heteroatoms. The number of aryl methyl sites for hydroxylation is 1. The number of nitrogens with zero attached hydrogens (tertiary/aromatic N) is 1. The summed E-state index contributed by atoms with van der Waals surface area (Å²) in [6, 6.07) is 9.51. The number of carbonyl (C=O) groups is 1. The van der Waals surface area contributed by atoms with Gasteiger partial charge in [-0.15, -0.1) is 11.3 Å². The molecule has 3 rings (SSSR count). The standard InChI is InChI=1S/C18H12ClF3N2O2S/c1-9-15(10-2-5-12(6-3-10)26-17(21)22)23-18(27-9)24-16(25)13-7-4-11(20)8-14(13)19/h2-8,17H,1H3,(H,23,24,25). The highest BCUT2D eigenvalue weighted by Gasteiger charge is 2.16. The van der Waals surface area contributed by atoms with Crippen molar-refractivity contribution < 1.29 is 22.7 Å². The molecule has 0 fully saturated rings. The van der Waals surface area contributed by atoms with Crippen LogP contribution in [0.5, 0.6) is 5.75 Å². The predicted molar refractivity (Wildman–Crippen MR) is 98.3 cm³/mol. The molecule has 0 saturated carbocycles. The first kappa shape index (κ1) is 19.2. The fraction of sp³-hybridized carbons (Fsp3) is 0.111. The van der Waals surface area contributed by atoms with Gasteiger partial charge in [0.15, 0.2) is 5.13 Å². The molecule has 0 aliphatic rings. The molecule has 1 amide bonds. The van der Waals surface area contributed by atoms with E-state index in [-0.39, 0.29) is 16.3 Å². The van der Waals surface area contributed by atoms with Crippen molar-refractivity contribution in [2.45, 2.75) is 13.5 Å². The van der Waals surface area contributed by atoms with Crippen molar-refractivity contribution in [1.82, 2.24) is 4.98 Å². The molecule has 1 aromatic heterocycles. The molecule has 0 aliphatic carbocycles. The van der Waals surface area contributed by atoms with Crippen LogP contribution in [0.2, 0.25) is 5.02 Å².